The number of aliphatic carboxylic acids is 1. The molecule has 0 radical (unpaired) electrons. The van der Waals surface area contributed by atoms with Crippen LogP contribution in [0.3, 0.4) is 0 Å². The lowest BCUT2D eigenvalue weighted by Gasteiger charge is -2.27. The average Bonchev–Trinajstić information content (AvgIpc) is 2.48. The standard InChI is InChI=1S/C14H15FN2O4/c15-11-9-10(2-4-13(18)19)1-3-12(11)16-14(20)17-5-7-21-8-6-17/h1-4,9H,5-8H2,(H,16,20)(H,18,19). The van der Waals surface area contributed by atoms with Gasteiger partial charge in [-0.3, -0.25) is 0 Å². The Kier molecular flexibility index (Phi) is 4.89. The summed E-state index contributed by atoms with van der Waals surface area (Å²) in [4.78, 5) is 23.9. The van der Waals surface area contributed by atoms with Crippen molar-refractivity contribution in [3.05, 3.63) is 35.7 Å². The summed E-state index contributed by atoms with van der Waals surface area (Å²) in [5.74, 6) is -1.73. The molecule has 112 valence electrons. The van der Waals surface area contributed by atoms with Crippen molar-refractivity contribution in [2.45, 2.75) is 0 Å². The molecule has 0 saturated carbocycles. The number of nitrogens with one attached hydrogen (secondary N) is 1. The fourth-order valence-electron chi connectivity index (χ4n) is 1.86. The second-order valence-corrected chi connectivity index (χ2v) is 4.44. The molecule has 2 rings (SSSR count). The Morgan fingerprint density at radius 1 is 1.33 bits per heavy atom. The van der Waals surface area contributed by atoms with E-state index >= 15 is 0 Å². The van der Waals surface area contributed by atoms with Gasteiger partial charge in [-0.1, -0.05) is 6.07 Å². The van der Waals surface area contributed by atoms with Gasteiger partial charge in [0.05, 0.1) is 18.9 Å². The van der Waals surface area contributed by atoms with Crippen molar-refractivity contribution in [2.24, 2.45) is 0 Å². The number of benzene rings is 1. The molecule has 1 aromatic rings. The van der Waals surface area contributed by atoms with Crippen molar-refractivity contribution in [3.63, 3.8) is 0 Å². The minimum Gasteiger partial charge on any atom is -0.478 e. The molecule has 1 aliphatic heterocycles. The molecule has 0 unspecified atom stereocenters. The second kappa shape index (κ2) is 6.85. The van der Waals surface area contributed by atoms with Gasteiger partial charge in [0.1, 0.15) is 5.82 Å². The molecular weight excluding hydrogens is 279 g/mol. The summed E-state index contributed by atoms with van der Waals surface area (Å²) in [5, 5.41) is 11.0. The normalized spacial score (nSPS) is 15.2. The topological polar surface area (TPSA) is 78.9 Å². The number of carboxylic acid groups (broad SMARTS) is 1. The van der Waals surface area contributed by atoms with Gasteiger partial charge in [-0.15, -0.1) is 0 Å². The van der Waals surface area contributed by atoms with Crippen LogP contribution in [0.15, 0.2) is 24.3 Å². The number of carboxylic acids is 1. The van der Waals surface area contributed by atoms with Crippen molar-refractivity contribution in [3.8, 4) is 0 Å². The number of halogens is 1. The molecule has 1 aromatic carbocycles. The summed E-state index contributed by atoms with van der Waals surface area (Å²) in [5.41, 5.74) is 0.457. The van der Waals surface area contributed by atoms with E-state index in [1.165, 1.54) is 18.2 Å². The number of carbonyl (C=O) groups is 2. The molecule has 7 heteroatoms. The van der Waals surface area contributed by atoms with Crippen LogP contribution >= 0.6 is 0 Å². The molecule has 0 bridgehead atoms. The Balaban J connectivity index is 2.03. The molecule has 0 aromatic heterocycles. The summed E-state index contributed by atoms with van der Waals surface area (Å²) < 4.78 is 19.0. The molecule has 1 heterocycles. The molecule has 0 aliphatic carbocycles. The number of amides is 2. The molecule has 0 spiro atoms. The zero-order chi connectivity index (χ0) is 15.2. The number of nitrogens with zero attached hydrogens (tertiary/aromatic N) is 1. The summed E-state index contributed by atoms with van der Waals surface area (Å²) in [6.45, 7) is 1.86. The van der Waals surface area contributed by atoms with Crippen LogP contribution in [-0.2, 0) is 9.53 Å². The quantitative estimate of drug-likeness (QED) is 0.833. The van der Waals surface area contributed by atoms with Crippen LogP contribution in [0.5, 0.6) is 0 Å². The van der Waals surface area contributed by atoms with Gasteiger partial charge in [-0.2, -0.15) is 0 Å². The predicted octanol–water partition coefficient (Wildman–Crippen LogP) is 1.79. The SMILES string of the molecule is O=C(O)C=Cc1ccc(NC(=O)N2CCOCC2)c(F)c1. The van der Waals surface area contributed by atoms with E-state index in [1.807, 2.05) is 0 Å². The lowest BCUT2D eigenvalue weighted by atomic mass is 10.2. The van der Waals surface area contributed by atoms with Crippen molar-refractivity contribution in [1.29, 1.82) is 0 Å². The van der Waals surface area contributed by atoms with Crippen LogP contribution in [0, 0.1) is 5.82 Å². The van der Waals surface area contributed by atoms with Crippen LogP contribution in [0.4, 0.5) is 14.9 Å². The summed E-state index contributed by atoms with van der Waals surface area (Å²) >= 11 is 0. The monoisotopic (exact) mass is 294 g/mol. The van der Waals surface area contributed by atoms with Crippen LogP contribution in [0.25, 0.3) is 6.08 Å². The fraction of sp³-hybridized carbons (Fsp3) is 0.286. The zero-order valence-corrected chi connectivity index (χ0v) is 11.2. The highest BCUT2D eigenvalue weighted by Gasteiger charge is 2.17. The number of rotatable bonds is 3. The number of hydrogen-bond donors (Lipinski definition) is 2. The van der Waals surface area contributed by atoms with Crippen LogP contribution < -0.4 is 5.32 Å². The highest BCUT2D eigenvalue weighted by Crippen LogP contribution is 2.17. The zero-order valence-electron chi connectivity index (χ0n) is 11.2. The van der Waals surface area contributed by atoms with E-state index in [9.17, 15) is 14.0 Å². The van der Waals surface area contributed by atoms with Crippen molar-refractivity contribution < 1.29 is 23.8 Å². The molecule has 2 amide bonds. The van der Waals surface area contributed by atoms with Crippen LogP contribution in [-0.4, -0.2) is 48.3 Å². The molecule has 21 heavy (non-hydrogen) atoms. The smallest absolute Gasteiger partial charge is 0.328 e. The highest BCUT2D eigenvalue weighted by atomic mass is 19.1. The third-order valence-corrected chi connectivity index (χ3v) is 2.95. The summed E-state index contributed by atoms with van der Waals surface area (Å²) in [6, 6.07) is 3.70. The summed E-state index contributed by atoms with van der Waals surface area (Å²) in [6.07, 6.45) is 2.19. The third kappa shape index (κ3) is 4.28. The number of carbonyl (C=O) groups excluding carboxylic acids is 1. The van der Waals surface area contributed by atoms with Crippen LogP contribution in [0.1, 0.15) is 5.56 Å². The Labute approximate surface area is 120 Å². The number of hydrogen-bond acceptors (Lipinski definition) is 3. The highest BCUT2D eigenvalue weighted by molar-refractivity contribution is 5.90. The summed E-state index contributed by atoms with van der Waals surface area (Å²) in [7, 11) is 0. The van der Waals surface area contributed by atoms with Crippen molar-refractivity contribution in [1.82, 2.24) is 4.90 Å². The number of morpholine rings is 1. The minimum atomic E-state index is -1.11. The predicted molar refractivity (Wildman–Crippen MR) is 74.5 cm³/mol. The van der Waals surface area contributed by atoms with E-state index in [4.69, 9.17) is 9.84 Å². The lowest BCUT2D eigenvalue weighted by Crippen LogP contribution is -2.43. The van der Waals surface area contributed by atoms with Crippen LogP contribution in [0.2, 0.25) is 0 Å². The maximum Gasteiger partial charge on any atom is 0.328 e. The largest absolute Gasteiger partial charge is 0.478 e. The number of ether oxygens (including phenoxy) is 1. The Hall–Kier alpha value is -2.41. The van der Waals surface area contributed by atoms with E-state index in [1.54, 1.807) is 4.90 Å². The van der Waals surface area contributed by atoms with E-state index < -0.39 is 11.8 Å². The van der Waals surface area contributed by atoms with E-state index in [-0.39, 0.29) is 11.7 Å². The first kappa shape index (κ1) is 15.0. The van der Waals surface area contributed by atoms with Gasteiger partial charge >= 0.3 is 12.0 Å². The van der Waals surface area contributed by atoms with Gasteiger partial charge in [0.25, 0.3) is 0 Å². The Morgan fingerprint density at radius 2 is 2.05 bits per heavy atom. The number of anilines is 1. The van der Waals surface area contributed by atoms with E-state index in [0.29, 0.717) is 31.9 Å². The van der Waals surface area contributed by atoms with Gasteiger partial charge in [0, 0.05) is 19.2 Å². The molecular formula is C14H15FN2O4. The molecule has 1 saturated heterocycles. The molecule has 6 nitrogen and oxygen atoms in total. The van der Waals surface area contributed by atoms with Gasteiger partial charge in [-0.25, -0.2) is 14.0 Å². The van der Waals surface area contributed by atoms with Gasteiger partial charge in [0.2, 0.25) is 0 Å². The van der Waals surface area contributed by atoms with Gasteiger partial charge in [-0.05, 0) is 23.8 Å². The lowest BCUT2D eigenvalue weighted by molar-refractivity contribution is -0.131. The first-order chi connectivity index (χ1) is 10.1. The molecule has 2 N–H and O–H groups in total. The van der Waals surface area contributed by atoms with Gasteiger partial charge < -0.3 is 20.1 Å². The molecule has 1 aliphatic rings. The van der Waals surface area contributed by atoms with E-state index in [0.717, 1.165) is 12.1 Å². The first-order valence-corrected chi connectivity index (χ1v) is 6.40. The average molecular weight is 294 g/mol. The first-order valence-electron chi connectivity index (χ1n) is 6.40. The Morgan fingerprint density at radius 3 is 2.67 bits per heavy atom. The van der Waals surface area contributed by atoms with E-state index in [2.05, 4.69) is 5.32 Å². The maximum atomic E-state index is 13.9. The van der Waals surface area contributed by atoms with Crippen molar-refractivity contribution >= 4 is 23.8 Å². The minimum absolute atomic E-state index is 0.0546. The van der Waals surface area contributed by atoms with Gasteiger partial charge in [0.15, 0.2) is 0 Å². The third-order valence-electron chi connectivity index (χ3n) is 2.95. The second-order valence-electron chi connectivity index (χ2n) is 4.44. The fourth-order valence-corrected chi connectivity index (χ4v) is 1.86. The van der Waals surface area contributed by atoms with Crippen molar-refractivity contribution in [2.75, 3.05) is 31.6 Å². The molecule has 1 fully saturated rings. The molecule has 0 atom stereocenters. The maximum absolute atomic E-state index is 13.9. The Bertz CT molecular complexity index is 568. The number of urea groups is 1.